The predicted octanol–water partition coefficient (Wildman–Crippen LogP) is 0.783. The highest BCUT2D eigenvalue weighted by Crippen LogP contribution is 2.23. The van der Waals surface area contributed by atoms with E-state index >= 15 is 0 Å². The Bertz CT molecular complexity index is 656. The summed E-state index contributed by atoms with van der Waals surface area (Å²) in [6.45, 7) is 2.97. The first-order valence-electron chi connectivity index (χ1n) is 7.48. The van der Waals surface area contributed by atoms with Gasteiger partial charge in [-0.3, -0.25) is 19.3 Å². The molecule has 22 heavy (non-hydrogen) atoms. The minimum Gasteiger partial charge on any atom is -0.349 e. The lowest BCUT2D eigenvalue weighted by molar-refractivity contribution is 0.0693. The summed E-state index contributed by atoms with van der Waals surface area (Å²) in [4.78, 5) is 37.2. The summed E-state index contributed by atoms with van der Waals surface area (Å²) in [7, 11) is 1.45. The summed E-state index contributed by atoms with van der Waals surface area (Å²) in [5, 5.41) is 6.34. The van der Waals surface area contributed by atoms with Gasteiger partial charge in [-0.1, -0.05) is 0 Å². The van der Waals surface area contributed by atoms with E-state index in [1.165, 1.54) is 13.1 Å². The molecule has 1 aromatic carbocycles. The number of nitrogens with one attached hydrogen (secondary N) is 2. The maximum Gasteiger partial charge on any atom is 0.261 e. The number of amides is 3. The van der Waals surface area contributed by atoms with Crippen molar-refractivity contribution in [1.82, 2.24) is 15.5 Å². The molecule has 1 fully saturated rings. The van der Waals surface area contributed by atoms with Gasteiger partial charge in [-0.15, -0.1) is 0 Å². The number of imide groups is 1. The molecule has 2 unspecified atom stereocenters. The number of nitrogens with zero attached hydrogens (tertiary/aromatic N) is 1. The molecule has 2 aliphatic heterocycles. The predicted molar refractivity (Wildman–Crippen MR) is 80.8 cm³/mol. The molecule has 6 nitrogen and oxygen atoms in total. The van der Waals surface area contributed by atoms with Crippen molar-refractivity contribution < 1.29 is 14.4 Å². The van der Waals surface area contributed by atoms with Crippen molar-refractivity contribution in [3.05, 3.63) is 34.9 Å². The van der Waals surface area contributed by atoms with E-state index in [9.17, 15) is 14.4 Å². The third kappa shape index (κ3) is 2.50. The number of carbonyl (C=O) groups excluding carboxylic acids is 3. The van der Waals surface area contributed by atoms with Crippen LogP contribution in [-0.2, 0) is 0 Å². The van der Waals surface area contributed by atoms with Crippen LogP contribution in [0.2, 0.25) is 0 Å². The second-order valence-corrected chi connectivity index (χ2v) is 5.98. The molecule has 2 heterocycles. The third-order valence-electron chi connectivity index (χ3n) is 4.31. The summed E-state index contributed by atoms with van der Waals surface area (Å²) < 4.78 is 0. The Morgan fingerprint density at radius 2 is 2.00 bits per heavy atom. The van der Waals surface area contributed by atoms with Crippen molar-refractivity contribution in [1.29, 1.82) is 0 Å². The van der Waals surface area contributed by atoms with Gasteiger partial charge >= 0.3 is 0 Å². The van der Waals surface area contributed by atoms with Gasteiger partial charge in [-0.25, -0.2) is 0 Å². The summed E-state index contributed by atoms with van der Waals surface area (Å²) in [5.74, 6) is -0.874. The Labute approximate surface area is 128 Å². The molecule has 1 aromatic rings. The maximum absolute atomic E-state index is 12.3. The minimum atomic E-state index is -0.356. The fraction of sp³-hybridized carbons (Fsp3) is 0.438. The lowest BCUT2D eigenvalue weighted by atomic mass is 9.99. The van der Waals surface area contributed by atoms with Crippen LogP contribution in [0.1, 0.15) is 50.8 Å². The zero-order chi connectivity index (χ0) is 15.9. The largest absolute Gasteiger partial charge is 0.349 e. The topological polar surface area (TPSA) is 78.5 Å². The van der Waals surface area contributed by atoms with E-state index in [2.05, 4.69) is 17.6 Å². The van der Waals surface area contributed by atoms with Crippen LogP contribution in [0.25, 0.3) is 0 Å². The van der Waals surface area contributed by atoms with E-state index in [4.69, 9.17) is 0 Å². The van der Waals surface area contributed by atoms with E-state index in [1.54, 1.807) is 12.1 Å². The van der Waals surface area contributed by atoms with Crippen molar-refractivity contribution in [3.63, 3.8) is 0 Å². The lowest BCUT2D eigenvalue weighted by Crippen LogP contribution is -2.46. The van der Waals surface area contributed by atoms with Crippen LogP contribution >= 0.6 is 0 Å². The Hall–Kier alpha value is -2.21. The first kappa shape index (κ1) is 14.7. The summed E-state index contributed by atoms with van der Waals surface area (Å²) in [6.07, 6.45) is 1.78. The van der Waals surface area contributed by atoms with Crippen LogP contribution in [-0.4, -0.2) is 48.3 Å². The number of rotatable bonds is 2. The van der Waals surface area contributed by atoms with E-state index in [0.29, 0.717) is 22.7 Å². The van der Waals surface area contributed by atoms with E-state index in [0.717, 1.165) is 24.3 Å². The molecule has 0 spiro atoms. The van der Waals surface area contributed by atoms with Crippen molar-refractivity contribution >= 4 is 17.7 Å². The molecule has 1 saturated heterocycles. The number of fused-ring (bicyclic) bond motifs is 1. The minimum absolute atomic E-state index is 0.136. The monoisotopic (exact) mass is 301 g/mol. The number of hydrogen-bond acceptors (Lipinski definition) is 4. The van der Waals surface area contributed by atoms with Crippen LogP contribution in [0, 0.1) is 0 Å². The molecule has 0 radical (unpaired) electrons. The Morgan fingerprint density at radius 3 is 2.73 bits per heavy atom. The molecule has 0 aliphatic carbocycles. The van der Waals surface area contributed by atoms with Crippen LogP contribution in [0.4, 0.5) is 0 Å². The highest BCUT2D eigenvalue weighted by molar-refractivity contribution is 6.21. The molecule has 2 N–H and O–H groups in total. The van der Waals surface area contributed by atoms with Crippen LogP contribution in [0.3, 0.4) is 0 Å². The smallest absolute Gasteiger partial charge is 0.261 e. The molecule has 0 bridgehead atoms. The van der Waals surface area contributed by atoms with E-state index < -0.39 is 0 Å². The van der Waals surface area contributed by atoms with Gasteiger partial charge in [0.2, 0.25) is 0 Å². The van der Waals surface area contributed by atoms with E-state index in [-0.39, 0.29) is 23.8 Å². The maximum atomic E-state index is 12.3. The van der Waals surface area contributed by atoms with Gasteiger partial charge in [0.15, 0.2) is 0 Å². The number of carbonyl (C=O) groups is 3. The van der Waals surface area contributed by atoms with Crippen LogP contribution < -0.4 is 10.6 Å². The molecule has 116 valence electrons. The van der Waals surface area contributed by atoms with Crippen molar-refractivity contribution in [2.24, 2.45) is 0 Å². The quantitative estimate of drug-likeness (QED) is 0.791. The highest BCUT2D eigenvalue weighted by Gasteiger charge is 2.33. The SMILES string of the molecule is CC1CC(NC(=O)c2ccc3c(c2)C(=O)N(C)C3=O)CCN1. The van der Waals surface area contributed by atoms with Crippen LogP contribution in [0.5, 0.6) is 0 Å². The second-order valence-electron chi connectivity index (χ2n) is 5.98. The molecular formula is C16H19N3O3. The average molecular weight is 301 g/mol. The molecule has 3 amide bonds. The Morgan fingerprint density at radius 1 is 1.27 bits per heavy atom. The fourth-order valence-corrected chi connectivity index (χ4v) is 3.03. The first-order chi connectivity index (χ1) is 10.5. The number of piperidine rings is 1. The van der Waals surface area contributed by atoms with Crippen molar-refractivity contribution in [2.45, 2.75) is 31.8 Å². The van der Waals surface area contributed by atoms with E-state index in [1.807, 2.05) is 0 Å². The summed E-state index contributed by atoms with van der Waals surface area (Å²) in [6, 6.07) is 5.19. The summed E-state index contributed by atoms with van der Waals surface area (Å²) in [5.41, 5.74) is 1.08. The normalized spacial score (nSPS) is 24.4. The van der Waals surface area contributed by atoms with Gasteiger partial charge in [0.25, 0.3) is 17.7 Å². The number of hydrogen-bond donors (Lipinski definition) is 2. The standard InChI is InChI=1S/C16H19N3O3/c1-9-7-11(5-6-17-9)18-14(20)10-3-4-12-13(8-10)16(22)19(2)15(12)21/h3-4,8-9,11,17H,5-7H2,1-2H3,(H,18,20). The number of benzene rings is 1. The van der Waals surface area contributed by atoms with Gasteiger partial charge < -0.3 is 10.6 Å². The zero-order valence-corrected chi connectivity index (χ0v) is 12.7. The highest BCUT2D eigenvalue weighted by atomic mass is 16.2. The Kier molecular flexibility index (Phi) is 3.70. The molecule has 2 atom stereocenters. The molecular weight excluding hydrogens is 282 g/mol. The first-order valence-corrected chi connectivity index (χ1v) is 7.48. The van der Waals surface area contributed by atoms with Gasteiger partial charge in [-0.2, -0.15) is 0 Å². The van der Waals surface area contributed by atoms with Crippen LogP contribution in [0.15, 0.2) is 18.2 Å². The summed E-state index contributed by atoms with van der Waals surface area (Å²) >= 11 is 0. The second kappa shape index (κ2) is 5.53. The molecule has 0 aromatic heterocycles. The lowest BCUT2D eigenvalue weighted by Gasteiger charge is -2.28. The molecule has 6 heteroatoms. The third-order valence-corrected chi connectivity index (χ3v) is 4.31. The van der Waals surface area contributed by atoms with Crippen molar-refractivity contribution in [2.75, 3.05) is 13.6 Å². The molecule has 0 saturated carbocycles. The Balaban J connectivity index is 1.77. The van der Waals surface area contributed by atoms with Gasteiger partial charge in [0, 0.05) is 24.7 Å². The van der Waals surface area contributed by atoms with Crippen molar-refractivity contribution in [3.8, 4) is 0 Å². The zero-order valence-electron chi connectivity index (χ0n) is 12.7. The van der Waals surface area contributed by atoms with Gasteiger partial charge in [-0.05, 0) is 44.5 Å². The fourth-order valence-electron chi connectivity index (χ4n) is 3.03. The van der Waals surface area contributed by atoms with Gasteiger partial charge in [0.1, 0.15) is 0 Å². The van der Waals surface area contributed by atoms with Gasteiger partial charge in [0.05, 0.1) is 11.1 Å². The molecule has 2 aliphatic rings. The average Bonchev–Trinajstić information content (AvgIpc) is 2.72. The molecule has 3 rings (SSSR count).